The van der Waals surface area contributed by atoms with E-state index in [4.69, 9.17) is 4.74 Å². The fraction of sp³-hybridized carbons (Fsp3) is 0.364. The number of ether oxygens (including phenoxy) is 1. The van der Waals surface area contributed by atoms with E-state index in [1.165, 1.54) is 5.56 Å². The monoisotopic (exact) mass is 366 g/mol. The normalized spacial score (nSPS) is 13.5. The van der Waals surface area contributed by atoms with Crippen LogP contribution in [0.2, 0.25) is 0 Å². The number of benzene rings is 2. The lowest BCUT2D eigenvalue weighted by molar-refractivity contribution is -0.123. The Balaban J connectivity index is 1.45. The summed E-state index contributed by atoms with van der Waals surface area (Å²) in [5.74, 6) is 0.605. The number of rotatable bonds is 6. The van der Waals surface area contributed by atoms with Gasteiger partial charge in [-0.3, -0.25) is 9.59 Å². The zero-order valence-corrected chi connectivity index (χ0v) is 16.0. The number of aryl methyl sites for hydroxylation is 2. The molecule has 0 spiro atoms. The second kappa shape index (κ2) is 8.71. The molecule has 3 rings (SSSR count). The van der Waals surface area contributed by atoms with Gasteiger partial charge in [0.05, 0.1) is 0 Å². The topological polar surface area (TPSA) is 58.6 Å². The molecule has 1 saturated heterocycles. The molecule has 2 aromatic rings. The molecule has 0 aliphatic carbocycles. The quantitative estimate of drug-likeness (QED) is 0.854. The average Bonchev–Trinajstić information content (AvgIpc) is 3.22. The number of likely N-dealkylation sites (tertiary alicyclic amines) is 1. The van der Waals surface area contributed by atoms with Gasteiger partial charge in [0.25, 0.3) is 11.8 Å². The van der Waals surface area contributed by atoms with E-state index in [0.29, 0.717) is 17.9 Å². The van der Waals surface area contributed by atoms with E-state index < -0.39 is 0 Å². The van der Waals surface area contributed by atoms with Crippen LogP contribution in [0, 0.1) is 13.8 Å². The Labute approximate surface area is 160 Å². The van der Waals surface area contributed by atoms with Gasteiger partial charge in [0, 0.05) is 25.2 Å². The minimum atomic E-state index is -0.176. The summed E-state index contributed by atoms with van der Waals surface area (Å²) in [6, 6.07) is 13.2. The van der Waals surface area contributed by atoms with Crippen molar-refractivity contribution in [3.05, 3.63) is 64.7 Å². The van der Waals surface area contributed by atoms with Crippen molar-refractivity contribution in [1.82, 2.24) is 10.2 Å². The highest BCUT2D eigenvalue weighted by Gasteiger charge is 2.19. The Kier molecular flexibility index (Phi) is 6.12. The molecule has 0 saturated carbocycles. The van der Waals surface area contributed by atoms with E-state index in [9.17, 15) is 9.59 Å². The highest BCUT2D eigenvalue weighted by molar-refractivity contribution is 5.94. The standard InChI is InChI=1S/C22H26N2O3/c1-16-5-10-20(13-17(16)2)27-15-21(25)23-14-18-6-8-19(9-7-18)22(26)24-11-3-4-12-24/h5-10,13H,3-4,11-12,14-15H2,1-2H3,(H,23,25). The number of carbonyl (C=O) groups is 2. The summed E-state index contributed by atoms with van der Waals surface area (Å²) >= 11 is 0. The smallest absolute Gasteiger partial charge is 0.258 e. The van der Waals surface area contributed by atoms with Crippen molar-refractivity contribution in [1.29, 1.82) is 0 Å². The molecule has 2 amide bonds. The van der Waals surface area contributed by atoms with Gasteiger partial charge in [-0.15, -0.1) is 0 Å². The molecular weight excluding hydrogens is 340 g/mol. The number of nitrogens with one attached hydrogen (secondary N) is 1. The first kappa shape index (κ1) is 19.0. The Morgan fingerprint density at radius 3 is 2.37 bits per heavy atom. The van der Waals surface area contributed by atoms with Crippen LogP contribution in [0.3, 0.4) is 0 Å². The Hall–Kier alpha value is -2.82. The van der Waals surface area contributed by atoms with E-state index in [-0.39, 0.29) is 18.4 Å². The van der Waals surface area contributed by atoms with Crippen LogP contribution < -0.4 is 10.1 Å². The summed E-state index contributed by atoms with van der Waals surface area (Å²) in [5, 5.41) is 2.84. The van der Waals surface area contributed by atoms with Crippen LogP contribution in [0.1, 0.15) is 39.9 Å². The number of hydrogen-bond acceptors (Lipinski definition) is 3. The largest absolute Gasteiger partial charge is 0.484 e. The maximum Gasteiger partial charge on any atom is 0.258 e. The molecule has 2 aromatic carbocycles. The van der Waals surface area contributed by atoms with E-state index in [1.54, 1.807) is 0 Å². The molecule has 1 aliphatic rings. The van der Waals surface area contributed by atoms with Gasteiger partial charge in [0.15, 0.2) is 6.61 Å². The second-order valence-corrected chi connectivity index (χ2v) is 7.01. The third-order valence-corrected chi connectivity index (χ3v) is 4.93. The van der Waals surface area contributed by atoms with Crippen LogP contribution in [0.5, 0.6) is 5.75 Å². The van der Waals surface area contributed by atoms with Gasteiger partial charge in [0.2, 0.25) is 0 Å². The maximum atomic E-state index is 12.3. The summed E-state index contributed by atoms with van der Waals surface area (Å²) < 4.78 is 5.54. The molecule has 0 aromatic heterocycles. The molecule has 5 heteroatoms. The van der Waals surface area contributed by atoms with E-state index in [2.05, 4.69) is 5.32 Å². The predicted molar refractivity (Wildman–Crippen MR) is 105 cm³/mol. The first-order chi connectivity index (χ1) is 13.0. The molecule has 27 heavy (non-hydrogen) atoms. The lowest BCUT2D eigenvalue weighted by Crippen LogP contribution is -2.29. The van der Waals surface area contributed by atoms with Gasteiger partial charge in [-0.05, 0) is 67.6 Å². The molecule has 1 fully saturated rings. The fourth-order valence-corrected chi connectivity index (χ4v) is 3.07. The van der Waals surface area contributed by atoms with E-state index >= 15 is 0 Å². The van der Waals surface area contributed by atoms with Crippen molar-refractivity contribution >= 4 is 11.8 Å². The highest BCUT2D eigenvalue weighted by atomic mass is 16.5. The van der Waals surface area contributed by atoms with Gasteiger partial charge in [0.1, 0.15) is 5.75 Å². The molecule has 0 unspecified atom stereocenters. The number of carbonyl (C=O) groups excluding carboxylic acids is 2. The summed E-state index contributed by atoms with van der Waals surface area (Å²) in [6.07, 6.45) is 2.17. The van der Waals surface area contributed by atoms with Crippen molar-refractivity contribution in [2.45, 2.75) is 33.2 Å². The summed E-state index contributed by atoms with van der Waals surface area (Å²) in [7, 11) is 0. The van der Waals surface area contributed by atoms with Crippen molar-refractivity contribution in [3.8, 4) is 5.75 Å². The third-order valence-electron chi connectivity index (χ3n) is 4.93. The van der Waals surface area contributed by atoms with Gasteiger partial charge >= 0.3 is 0 Å². The molecule has 5 nitrogen and oxygen atoms in total. The third kappa shape index (κ3) is 5.09. The first-order valence-corrected chi connectivity index (χ1v) is 9.38. The van der Waals surface area contributed by atoms with Gasteiger partial charge in [-0.1, -0.05) is 18.2 Å². The summed E-state index contributed by atoms with van der Waals surface area (Å²) in [5.41, 5.74) is 3.98. The fourth-order valence-electron chi connectivity index (χ4n) is 3.07. The minimum absolute atomic E-state index is 0.0198. The van der Waals surface area contributed by atoms with Gasteiger partial charge < -0.3 is 15.0 Å². The summed E-state index contributed by atoms with van der Waals surface area (Å²) in [4.78, 5) is 26.2. The minimum Gasteiger partial charge on any atom is -0.484 e. The zero-order chi connectivity index (χ0) is 19.2. The van der Waals surface area contributed by atoms with Crippen molar-refractivity contribution < 1.29 is 14.3 Å². The summed E-state index contributed by atoms with van der Waals surface area (Å²) in [6.45, 7) is 6.13. The molecule has 1 N–H and O–H groups in total. The van der Waals surface area contributed by atoms with Crippen molar-refractivity contribution in [2.24, 2.45) is 0 Å². The Morgan fingerprint density at radius 2 is 1.70 bits per heavy atom. The SMILES string of the molecule is Cc1ccc(OCC(=O)NCc2ccc(C(=O)N3CCCC3)cc2)cc1C. The molecule has 0 atom stereocenters. The van der Waals surface area contributed by atoms with Crippen LogP contribution in [0.4, 0.5) is 0 Å². The van der Waals surface area contributed by atoms with Crippen LogP contribution in [-0.2, 0) is 11.3 Å². The van der Waals surface area contributed by atoms with Gasteiger partial charge in [-0.2, -0.15) is 0 Å². The Bertz CT molecular complexity index is 809. The zero-order valence-electron chi connectivity index (χ0n) is 16.0. The molecule has 142 valence electrons. The van der Waals surface area contributed by atoms with Crippen LogP contribution in [0.25, 0.3) is 0 Å². The maximum absolute atomic E-state index is 12.3. The van der Waals surface area contributed by atoms with Crippen molar-refractivity contribution in [2.75, 3.05) is 19.7 Å². The molecule has 1 aliphatic heterocycles. The van der Waals surface area contributed by atoms with Crippen LogP contribution >= 0.6 is 0 Å². The average molecular weight is 366 g/mol. The highest BCUT2D eigenvalue weighted by Crippen LogP contribution is 2.16. The molecule has 0 radical (unpaired) electrons. The number of amides is 2. The Morgan fingerprint density at radius 1 is 1.00 bits per heavy atom. The van der Waals surface area contributed by atoms with Crippen molar-refractivity contribution in [3.63, 3.8) is 0 Å². The molecule has 0 bridgehead atoms. The molecule has 1 heterocycles. The molecular formula is C22H26N2O3. The lowest BCUT2D eigenvalue weighted by Gasteiger charge is -2.15. The number of hydrogen-bond donors (Lipinski definition) is 1. The van der Waals surface area contributed by atoms with Crippen LogP contribution in [0.15, 0.2) is 42.5 Å². The number of nitrogens with zero attached hydrogens (tertiary/aromatic N) is 1. The predicted octanol–water partition coefficient (Wildman–Crippen LogP) is 3.23. The van der Waals surface area contributed by atoms with Gasteiger partial charge in [-0.25, -0.2) is 0 Å². The first-order valence-electron chi connectivity index (χ1n) is 9.38. The van der Waals surface area contributed by atoms with E-state index in [1.807, 2.05) is 61.2 Å². The second-order valence-electron chi connectivity index (χ2n) is 7.01. The van der Waals surface area contributed by atoms with E-state index in [0.717, 1.165) is 37.1 Å². The van der Waals surface area contributed by atoms with Crippen LogP contribution in [-0.4, -0.2) is 36.4 Å². The lowest BCUT2D eigenvalue weighted by atomic mass is 10.1.